The second-order valence-corrected chi connectivity index (χ2v) is 8.33. The number of rotatable bonds is 4. The Hall–Kier alpha value is -1.83. The largest absolute Gasteiger partial charge is 0.454 e. The van der Waals surface area contributed by atoms with E-state index in [2.05, 4.69) is 28.1 Å². The number of ether oxygens (including phenoxy) is 2. The molecule has 1 saturated heterocycles. The van der Waals surface area contributed by atoms with Crippen LogP contribution in [0.4, 0.5) is 0 Å². The van der Waals surface area contributed by atoms with Crippen molar-refractivity contribution >= 4 is 56.2 Å². The lowest BCUT2D eigenvalue weighted by Gasteiger charge is -2.14. The van der Waals surface area contributed by atoms with Crippen molar-refractivity contribution in [2.45, 2.75) is 6.42 Å². The van der Waals surface area contributed by atoms with Crippen LogP contribution in [0, 0.1) is 0 Å². The monoisotopic (exact) mass is 447 g/mol. The molecule has 0 atom stereocenters. The second kappa shape index (κ2) is 7.42. The number of nitrogens with zero attached hydrogens (tertiary/aromatic N) is 1. The number of benzene rings is 2. The molecule has 2 heterocycles. The molecule has 0 spiro atoms. The number of thioether (sulfide) groups is 1. The Balaban J connectivity index is 1.52. The summed E-state index contributed by atoms with van der Waals surface area (Å²) in [5, 5.41) is 0. The van der Waals surface area contributed by atoms with E-state index in [9.17, 15) is 4.79 Å². The van der Waals surface area contributed by atoms with E-state index in [1.165, 1.54) is 17.3 Å². The molecular weight excluding hydrogens is 434 g/mol. The maximum absolute atomic E-state index is 12.8. The normalized spacial score (nSPS) is 17.4. The van der Waals surface area contributed by atoms with Gasteiger partial charge in [-0.2, -0.15) is 0 Å². The Morgan fingerprint density at radius 3 is 2.69 bits per heavy atom. The number of hydrogen-bond acceptors (Lipinski definition) is 5. The molecule has 0 radical (unpaired) electrons. The highest BCUT2D eigenvalue weighted by Crippen LogP contribution is 2.40. The minimum atomic E-state index is -0.0551. The highest BCUT2D eigenvalue weighted by molar-refractivity contribution is 9.10. The van der Waals surface area contributed by atoms with Gasteiger partial charge in [0.1, 0.15) is 4.32 Å². The van der Waals surface area contributed by atoms with Crippen LogP contribution < -0.4 is 9.47 Å². The van der Waals surface area contributed by atoms with Crippen molar-refractivity contribution in [1.29, 1.82) is 0 Å². The molecule has 2 aliphatic rings. The minimum absolute atomic E-state index is 0.0551. The topological polar surface area (TPSA) is 38.8 Å². The Morgan fingerprint density at radius 1 is 1.19 bits per heavy atom. The molecule has 132 valence electrons. The molecule has 2 aliphatic heterocycles. The molecule has 2 aromatic rings. The standard InChI is InChI=1S/C19H14BrNO3S2/c20-14-10-16-15(23-11-24-16)8-13(14)9-17-18(22)21(19(25)26-17)7-6-12-4-2-1-3-5-12/h1-5,8-10H,6-7,11H2/b17-9-. The molecule has 0 unspecified atom stereocenters. The van der Waals surface area contributed by atoms with Crippen LogP contribution in [0.1, 0.15) is 11.1 Å². The molecule has 0 aromatic heterocycles. The number of hydrogen-bond donors (Lipinski definition) is 0. The van der Waals surface area contributed by atoms with E-state index in [1.807, 2.05) is 36.4 Å². The van der Waals surface area contributed by atoms with E-state index in [0.29, 0.717) is 27.3 Å². The molecule has 7 heteroatoms. The lowest BCUT2D eigenvalue weighted by molar-refractivity contribution is -0.122. The van der Waals surface area contributed by atoms with Gasteiger partial charge in [0.2, 0.25) is 6.79 Å². The summed E-state index contributed by atoms with van der Waals surface area (Å²) in [6, 6.07) is 13.8. The zero-order chi connectivity index (χ0) is 18.1. The van der Waals surface area contributed by atoms with Gasteiger partial charge in [-0.05, 0) is 35.8 Å². The first kappa shape index (κ1) is 17.6. The van der Waals surface area contributed by atoms with Crippen molar-refractivity contribution in [2.75, 3.05) is 13.3 Å². The quantitative estimate of drug-likeness (QED) is 0.504. The van der Waals surface area contributed by atoms with Gasteiger partial charge in [-0.1, -0.05) is 70.2 Å². The van der Waals surface area contributed by atoms with Gasteiger partial charge < -0.3 is 9.47 Å². The van der Waals surface area contributed by atoms with E-state index in [1.54, 1.807) is 4.90 Å². The van der Waals surface area contributed by atoms with Crippen molar-refractivity contribution in [2.24, 2.45) is 0 Å². The lowest BCUT2D eigenvalue weighted by atomic mass is 10.1. The van der Waals surface area contributed by atoms with Crippen molar-refractivity contribution < 1.29 is 14.3 Å². The molecule has 0 aliphatic carbocycles. The number of amides is 1. The van der Waals surface area contributed by atoms with E-state index >= 15 is 0 Å². The summed E-state index contributed by atoms with van der Waals surface area (Å²) in [5.41, 5.74) is 2.04. The molecule has 0 N–H and O–H groups in total. The van der Waals surface area contributed by atoms with Crippen molar-refractivity contribution in [1.82, 2.24) is 4.90 Å². The molecule has 2 aromatic carbocycles. The number of thiocarbonyl (C=S) groups is 1. The maximum atomic E-state index is 12.8. The molecule has 4 rings (SSSR count). The Labute approximate surface area is 169 Å². The number of carbonyl (C=O) groups is 1. The molecule has 4 nitrogen and oxygen atoms in total. The lowest BCUT2D eigenvalue weighted by Crippen LogP contribution is -2.30. The highest BCUT2D eigenvalue weighted by Gasteiger charge is 2.32. The predicted octanol–water partition coefficient (Wildman–Crippen LogP) is 4.62. The predicted molar refractivity (Wildman–Crippen MR) is 110 cm³/mol. The molecule has 0 bridgehead atoms. The number of halogens is 1. The van der Waals surface area contributed by atoms with Gasteiger partial charge in [0.25, 0.3) is 5.91 Å². The Bertz CT molecular complexity index is 915. The summed E-state index contributed by atoms with van der Waals surface area (Å²) < 4.78 is 12.2. The SMILES string of the molecule is O=C1/C(=C/c2cc3c(cc2Br)OCO3)SC(=S)N1CCc1ccccc1. The first-order valence-electron chi connectivity index (χ1n) is 8.00. The van der Waals surface area contributed by atoms with Crippen LogP contribution in [0.3, 0.4) is 0 Å². The van der Waals surface area contributed by atoms with Crippen LogP contribution in [0.15, 0.2) is 51.8 Å². The number of fused-ring (bicyclic) bond motifs is 1. The van der Waals surface area contributed by atoms with Gasteiger partial charge in [-0.25, -0.2) is 0 Å². The molecule has 1 fully saturated rings. The van der Waals surface area contributed by atoms with E-state index in [-0.39, 0.29) is 12.7 Å². The van der Waals surface area contributed by atoms with Crippen molar-refractivity contribution in [3.63, 3.8) is 0 Å². The maximum Gasteiger partial charge on any atom is 0.266 e. The Morgan fingerprint density at radius 2 is 1.92 bits per heavy atom. The fourth-order valence-electron chi connectivity index (χ4n) is 2.76. The third kappa shape index (κ3) is 3.51. The first-order valence-corrected chi connectivity index (χ1v) is 10.0. The number of carbonyl (C=O) groups excluding carboxylic acids is 1. The summed E-state index contributed by atoms with van der Waals surface area (Å²) in [4.78, 5) is 15.0. The summed E-state index contributed by atoms with van der Waals surface area (Å²) in [5.74, 6) is 1.32. The molecular formula is C19H14BrNO3S2. The van der Waals surface area contributed by atoms with Crippen LogP contribution >= 0.6 is 39.9 Å². The van der Waals surface area contributed by atoms with E-state index in [0.717, 1.165) is 16.5 Å². The van der Waals surface area contributed by atoms with Gasteiger partial charge >= 0.3 is 0 Å². The van der Waals surface area contributed by atoms with Gasteiger partial charge in [0.05, 0.1) is 4.91 Å². The van der Waals surface area contributed by atoms with Gasteiger partial charge in [-0.3, -0.25) is 9.69 Å². The first-order chi connectivity index (χ1) is 12.6. The fourth-order valence-corrected chi connectivity index (χ4v) is 4.50. The average Bonchev–Trinajstić information content (AvgIpc) is 3.19. The molecule has 0 saturated carbocycles. The Kier molecular flexibility index (Phi) is 5.02. The summed E-state index contributed by atoms with van der Waals surface area (Å²) >= 11 is 10.3. The van der Waals surface area contributed by atoms with Gasteiger partial charge in [0.15, 0.2) is 11.5 Å². The van der Waals surface area contributed by atoms with Crippen LogP contribution in [0.25, 0.3) is 6.08 Å². The zero-order valence-corrected chi connectivity index (χ0v) is 16.8. The van der Waals surface area contributed by atoms with Crippen molar-refractivity contribution in [3.05, 3.63) is 63.0 Å². The van der Waals surface area contributed by atoms with Crippen LogP contribution in [0.5, 0.6) is 11.5 Å². The summed E-state index contributed by atoms with van der Waals surface area (Å²) in [7, 11) is 0. The zero-order valence-electron chi connectivity index (χ0n) is 13.6. The average molecular weight is 448 g/mol. The van der Waals surface area contributed by atoms with E-state index < -0.39 is 0 Å². The van der Waals surface area contributed by atoms with Crippen LogP contribution in [-0.4, -0.2) is 28.5 Å². The summed E-state index contributed by atoms with van der Waals surface area (Å²) in [6.45, 7) is 0.793. The molecule has 26 heavy (non-hydrogen) atoms. The fraction of sp³-hybridized carbons (Fsp3) is 0.158. The molecule has 1 amide bonds. The van der Waals surface area contributed by atoms with E-state index in [4.69, 9.17) is 21.7 Å². The third-order valence-corrected chi connectivity index (χ3v) is 6.18. The van der Waals surface area contributed by atoms with Gasteiger partial charge in [-0.15, -0.1) is 0 Å². The van der Waals surface area contributed by atoms with Crippen LogP contribution in [0.2, 0.25) is 0 Å². The smallest absolute Gasteiger partial charge is 0.266 e. The van der Waals surface area contributed by atoms with Crippen molar-refractivity contribution in [3.8, 4) is 11.5 Å². The highest BCUT2D eigenvalue weighted by atomic mass is 79.9. The van der Waals surface area contributed by atoms with Crippen LogP contribution in [-0.2, 0) is 11.2 Å². The summed E-state index contributed by atoms with van der Waals surface area (Å²) in [6.07, 6.45) is 2.61. The third-order valence-electron chi connectivity index (χ3n) is 4.12. The minimum Gasteiger partial charge on any atom is -0.454 e. The van der Waals surface area contributed by atoms with Gasteiger partial charge in [0, 0.05) is 11.0 Å². The second-order valence-electron chi connectivity index (χ2n) is 5.80.